The summed E-state index contributed by atoms with van der Waals surface area (Å²) in [4.78, 5) is 47.2. The zero-order chi connectivity index (χ0) is 21.4. The van der Waals surface area contributed by atoms with Gasteiger partial charge >= 0.3 is 5.97 Å². The Bertz CT molecular complexity index is 911. The van der Waals surface area contributed by atoms with Crippen molar-refractivity contribution in [3.63, 3.8) is 0 Å². The number of primary amides is 1. The summed E-state index contributed by atoms with van der Waals surface area (Å²) in [7, 11) is 1.43. The van der Waals surface area contributed by atoms with Gasteiger partial charge in [-0.2, -0.15) is 0 Å². The minimum Gasteiger partial charge on any atom is -0.496 e. The van der Waals surface area contributed by atoms with Crippen molar-refractivity contribution in [3.05, 3.63) is 59.7 Å². The van der Waals surface area contributed by atoms with Crippen LogP contribution < -0.4 is 21.1 Å². The summed E-state index contributed by atoms with van der Waals surface area (Å²) >= 11 is 0. The molecule has 0 fully saturated rings. The predicted molar refractivity (Wildman–Crippen MR) is 104 cm³/mol. The van der Waals surface area contributed by atoms with Crippen LogP contribution in [-0.2, 0) is 14.3 Å². The lowest BCUT2D eigenvalue weighted by Gasteiger charge is -2.14. The van der Waals surface area contributed by atoms with E-state index in [0.29, 0.717) is 17.0 Å². The van der Waals surface area contributed by atoms with Crippen molar-refractivity contribution >= 4 is 29.4 Å². The summed E-state index contributed by atoms with van der Waals surface area (Å²) in [5.41, 5.74) is 6.13. The fourth-order valence-corrected chi connectivity index (χ4v) is 2.33. The highest BCUT2D eigenvalue weighted by Gasteiger charge is 2.19. The fourth-order valence-electron chi connectivity index (χ4n) is 2.33. The number of methoxy groups -OCH3 is 1. The van der Waals surface area contributed by atoms with Crippen LogP contribution in [0.2, 0.25) is 0 Å². The van der Waals surface area contributed by atoms with Crippen molar-refractivity contribution in [1.82, 2.24) is 5.32 Å². The fraction of sp³-hybridized carbons (Fsp3) is 0.200. The van der Waals surface area contributed by atoms with Gasteiger partial charge in [-0.25, -0.2) is 0 Å². The second kappa shape index (κ2) is 9.88. The normalized spacial score (nSPS) is 11.1. The van der Waals surface area contributed by atoms with Gasteiger partial charge in [-0.1, -0.05) is 12.1 Å². The predicted octanol–water partition coefficient (Wildman–Crippen LogP) is 1.09. The van der Waals surface area contributed by atoms with Gasteiger partial charge in [0.25, 0.3) is 11.8 Å². The third-order valence-electron chi connectivity index (χ3n) is 3.86. The van der Waals surface area contributed by atoms with E-state index in [1.54, 1.807) is 24.3 Å². The van der Waals surface area contributed by atoms with E-state index >= 15 is 0 Å². The number of amides is 3. The van der Waals surface area contributed by atoms with E-state index in [4.69, 9.17) is 15.2 Å². The lowest BCUT2D eigenvalue weighted by molar-refractivity contribution is -0.152. The molecule has 0 aliphatic carbocycles. The zero-order valence-electron chi connectivity index (χ0n) is 15.9. The van der Waals surface area contributed by atoms with Gasteiger partial charge < -0.3 is 25.8 Å². The number of esters is 1. The minimum atomic E-state index is -1.10. The molecule has 29 heavy (non-hydrogen) atoms. The topological polar surface area (TPSA) is 137 Å². The molecule has 2 aromatic rings. The Kier molecular flexibility index (Phi) is 7.30. The van der Waals surface area contributed by atoms with E-state index in [-0.39, 0.29) is 5.56 Å². The molecule has 0 radical (unpaired) electrons. The summed E-state index contributed by atoms with van der Waals surface area (Å²) in [6.07, 6.45) is -1.10. The van der Waals surface area contributed by atoms with Crippen molar-refractivity contribution in [2.75, 3.05) is 19.0 Å². The SMILES string of the molecule is COc1ccccc1C(=O)NCC(=O)O[C@@H](C)C(=O)Nc1ccc(C(N)=O)cc1. The number of rotatable bonds is 8. The molecule has 0 saturated heterocycles. The van der Waals surface area contributed by atoms with E-state index in [2.05, 4.69) is 10.6 Å². The number of carbonyl (C=O) groups excluding carboxylic acids is 4. The highest BCUT2D eigenvalue weighted by molar-refractivity contribution is 5.99. The quantitative estimate of drug-likeness (QED) is 0.569. The molecule has 152 valence electrons. The first-order valence-electron chi connectivity index (χ1n) is 8.63. The third-order valence-corrected chi connectivity index (χ3v) is 3.86. The summed E-state index contributed by atoms with van der Waals surface area (Å²) in [5.74, 6) is -2.07. The third kappa shape index (κ3) is 6.06. The van der Waals surface area contributed by atoms with E-state index in [1.807, 2.05) is 0 Å². The smallest absolute Gasteiger partial charge is 0.326 e. The Labute approximate surface area is 167 Å². The van der Waals surface area contributed by atoms with Gasteiger partial charge in [0.05, 0.1) is 12.7 Å². The number of benzene rings is 2. The Morgan fingerprint density at radius 3 is 2.31 bits per heavy atom. The van der Waals surface area contributed by atoms with Gasteiger partial charge in [-0.3, -0.25) is 19.2 Å². The summed E-state index contributed by atoms with van der Waals surface area (Å²) < 4.78 is 10.1. The number of para-hydroxylation sites is 1. The Balaban J connectivity index is 1.84. The van der Waals surface area contributed by atoms with Crippen LogP contribution >= 0.6 is 0 Å². The van der Waals surface area contributed by atoms with Crippen molar-refractivity contribution < 1.29 is 28.7 Å². The first kappa shape index (κ1) is 21.4. The molecular formula is C20H21N3O6. The van der Waals surface area contributed by atoms with E-state index < -0.39 is 36.3 Å². The maximum Gasteiger partial charge on any atom is 0.326 e. The van der Waals surface area contributed by atoms with Crippen molar-refractivity contribution in [2.24, 2.45) is 5.73 Å². The average Bonchev–Trinajstić information content (AvgIpc) is 2.72. The van der Waals surface area contributed by atoms with Crippen LogP contribution in [-0.4, -0.2) is 43.4 Å². The number of ether oxygens (including phenoxy) is 2. The number of nitrogens with two attached hydrogens (primary N) is 1. The molecule has 0 heterocycles. The van der Waals surface area contributed by atoms with Crippen molar-refractivity contribution in [1.29, 1.82) is 0 Å². The molecule has 2 aromatic carbocycles. The lowest BCUT2D eigenvalue weighted by atomic mass is 10.2. The molecule has 9 nitrogen and oxygen atoms in total. The van der Waals surface area contributed by atoms with Gasteiger partial charge in [0.2, 0.25) is 5.91 Å². The monoisotopic (exact) mass is 399 g/mol. The molecular weight excluding hydrogens is 378 g/mol. The first-order valence-corrected chi connectivity index (χ1v) is 8.63. The minimum absolute atomic E-state index is 0.271. The van der Waals surface area contributed by atoms with Crippen LogP contribution in [0, 0.1) is 0 Å². The second-order valence-electron chi connectivity index (χ2n) is 5.95. The average molecular weight is 399 g/mol. The number of nitrogens with one attached hydrogen (secondary N) is 2. The maximum absolute atomic E-state index is 12.2. The van der Waals surface area contributed by atoms with E-state index in [0.717, 1.165) is 0 Å². The number of carbonyl (C=O) groups is 4. The summed E-state index contributed by atoms with van der Waals surface area (Å²) in [5, 5.41) is 4.96. The van der Waals surface area contributed by atoms with Gasteiger partial charge in [-0.05, 0) is 43.3 Å². The van der Waals surface area contributed by atoms with Gasteiger partial charge in [-0.15, -0.1) is 0 Å². The zero-order valence-corrected chi connectivity index (χ0v) is 15.9. The highest BCUT2D eigenvalue weighted by atomic mass is 16.5. The molecule has 0 aliphatic rings. The molecule has 1 atom stereocenters. The van der Waals surface area contributed by atoms with Crippen LogP contribution in [0.5, 0.6) is 5.75 Å². The Morgan fingerprint density at radius 1 is 1.03 bits per heavy atom. The van der Waals surface area contributed by atoms with Gasteiger partial charge in [0.15, 0.2) is 6.10 Å². The van der Waals surface area contributed by atoms with Crippen LogP contribution in [0.4, 0.5) is 5.69 Å². The molecule has 4 N–H and O–H groups in total. The standard InChI is InChI=1S/C20H21N3O6/c1-12(19(26)23-14-9-7-13(8-10-14)18(21)25)29-17(24)11-22-20(27)15-5-3-4-6-16(15)28-2/h3-10,12H,11H2,1-2H3,(H2,21,25)(H,22,27)(H,23,26)/t12-/m0/s1. The van der Waals surface area contributed by atoms with E-state index in [1.165, 1.54) is 38.3 Å². The highest BCUT2D eigenvalue weighted by Crippen LogP contribution is 2.16. The van der Waals surface area contributed by atoms with Crippen LogP contribution in [0.15, 0.2) is 48.5 Å². The number of hydrogen-bond donors (Lipinski definition) is 3. The molecule has 0 aliphatic heterocycles. The maximum atomic E-state index is 12.2. The van der Waals surface area contributed by atoms with Gasteiger partial charge in [0.1, 0.15) is 12.3 Å². The summed E-state index contributed by atoms with van der Waals surface area (Å²) in [6, 6.07) is 12.5. The molecule has 9 heteroatoms. The molecule has 0 unspecified atom stereocenters. The Hall–Kier alpha value is -3.88. The molecule has 0 spiro atoms. The molecule has 2 rings (SSSR count). The second-order valence-corrected chi connectivity index (χ2v) is 5.95. The molecule has 0 aromatic heterocycles. The Morgan fingerprint density at radius 2 is 1.69 bits per heavy atom. The van der Waals surface area contributed by atoms with Crippen LogP contribution in [0.1, 0.15) is 27.6 Å². The molecule has 0 saturated carbocycles. The van der Waals surface area contributed by atoms with Crippen LogP contribution in [0.25, 0.3) is 0 Å². The van der Waals surface area contributed by atoms with Crippen molar-refractivity contribution in [3.8, 4) is 5.75 Å². The lowest BCUT2D eigenvalue weighted by Crippen LogP contribution is -2.36. The molecule has 0 bridgehead atoms. The van der Waals surface area contributed by atoms with E-state index in [9.17, 15) is 19.2 Å². The number of anilines is 1. The van der Waals surface area contributed by atoms with Crippen LogP contribution in [0.3, 0.4) is 0 Å². The molecule has 3 amide bonds. The van der Waals surface area contributed by atoms with Crippen molar-refractivity contribution in [2.45, 2.75) is 13.0 Å². The largest absolute Gasteiger partial charge is 0.496 e. The summed E-state index contributed by atoms with van der Waals surface area (Å²) in [6.45, 7) is 0.981. The number of hydrogen-bond acceptors (Lipinski definition) is 6. The van der Waals surface area contributed by atoms with Gasteiger partial charge in [0, 0.05) is 11.3 Å². The first-order chi connectivity index (χ1) is 13.8.